The first-order chi connectivity index (χ1) is 6.07. The molecule has 0 fully saturated rings. The summed E-state index contributed by atoms with van der Waals surface area (Å²) in [5.41, 5.74) is 11.0. The van der Waals surface area contributed by atoms with Crippen molar-refractivity contribution in [3.63, 3.8) is 0 Å². The molecule has 0 aromatic rings. The minimum atomic E-state index is -0.954. The molecule has 1 unspecified atom stereocenters. The van der Waals surface area contributed by atoms with Gasteiger partial charge in [0.15, 0.2) is 0 Å². The zero-order chi connectivity index (χ0) is 10.3. The first-order valence-corrected chi connectivity index (χ1v) is 5.00. The van der Waals surface area contributed by atoms with Gasteiger partial charge in [-0.25, -0.2) is 0 Å². The smallest absolute Gasteiger partial charge is 0.320 e. The summed E-state index contributed by atoms with van der Waals surface area (Å²) in [5.74, 6) is -0.954. The van der Waals surface area contributed by atoms with E-state index >= 15 is 0 Å². The summed E-state index contributed by atoms with van der Waals surface area (Å²) in [4.78, 5) is 12.0. The molecule has 0 bridgehead atoms. The van der Waals surface area contributed by atoms with Gasteiger partial charge in [0.05, 0.1) is 0 Å². The van der Waals surface area contributed by atoms with Crippen LogP contribution in [-0.2, 0) is 4.79 Å². The van der Waals surface area contributed by atoms with E-state index in [9.17, 15) is 4.79 Å². The zero-order valence-electron chi connectivity index (χ0n) is 7.32. The molecule has 0 amide bonds. The molecule has 0 saturated carbocycles. The predicted molar refractivity (Wildman–Crippen MR) is 55.5 cm³/mol. The van der Waals surface area contributed by atoms with E-state index in [2.05, 4.69) is 15.9 Å². The number of carboxylic acids is 1. The molecule has 0 aliphatic rings. The summed E-state index contributed by atoms with van der Waals surface area (Å²) in [6.45, 7) is 0. The van der Waals surface area contributed by atoms with Crippen LogP contribution in [0.4, 0.5) is 0 Å². The third-order valence-corrected chi connectivity index (χ3v) is 1.99. The van der Waals surface area contributed by atoms with Crippen LogP contribution in [0, 0.1) is 0 Å². The maximum atomic E-state index is 10.3. The van der Waals surface area contributed by atoms with E-state index in [1.807, 2.05) is 6.08 Å². The number of hydrogen-bond donors (Lipinski definition) is 3. The Morgan fingerprint density at radius 3 is 2.54 bits per heavy atom. The van der Waals surface area contributed by atoms with Crippen LogP contribution in [-0.4, -0.2) is 23.2 Å². The fourth-order valence-corrected chi connectivity index (χ4v) is 1.28. The molecule has 0 heterocycles. The van der Waals surface area contributed by atoms with E-state index in [0.717, 1.165) is 12.8 Å². The molecule has 0 aliphatic carbocycles. The molecular formula is C8H15BrN2O2. The van der Waals surface area contributed by atoms with E-state index in [4.69, 9.17) is 16.6 Å². The molecule has 2 atom stereocenters. The van der Waals surface area contributed by atoms with E-state index in [-0.39, 0.29) is 6.04 Å². The number of halogens is 1. The maximum absolute atomic E-state index is 10.3. The van der Waals surface area contributed by atoms with Gasteiger partial charge in [-0.2, -0.15) is 0 Å². The van der Waals surface area contributed by atoms with E-state index < -0.39 is 12.0 Å². The lowest BCUT2D eigenvalue weighted by molar-refractivity contribution is -0.138. The molecule has 0 aromatic carbocycles. The highest BCUT2D eigenvalue weighted by Crippen LogP contribution is 2.03. The van der Waals surface area contributed by atoms with Crippen molar-refractivity contribution in [3.05, 3.63) is 11.1 Å². The van der Waals surface area contributed by atoms with E-state index in [0.29, 0.717) is 6.42 Å². The minimum Gasteiger partial charge on any atom is -0.480 e. The summed E-state index contributed by atoms with van der Waals surface area (Å²) in [6.07, 6.45) is 3.76. The number of carbonyl (C=O) groups is 1. The number of aliphatic carboxylic acids is 1. The predicted octanol–water partition coefficient (Wildman–Crippen LogP) is 0.804. The number of hydrogen-bond acceptors (Lipinski definition) is 3. The van der Waals surface area contributed by atoms with Gasteiger partial charge in [0.2, 0.25) is 0 Å². The highest BCUT2D eigenvalue weighted by Gasteiger charge is 2.10. The summed E-state index contributed by atoms with van der Waals surface area (Å²) < 4.78 is 0. The molecule has 13 heavy (non-hydrogen) atoms. The Kier molecular flexibility index (Phi) is 6.84. The zero-order valence-corrected chi connectivity index (χ0v) is 8.90. The van der Waals surface area contributed by atoms with Gasteiger partial charge in [-0.3, -0.25) is 4.79 Å². The third-order valence-electron chi connectivity index (χ3n) is 1.69. The number of rotatable bonds is 6. The third kappa shape index (κ3) is 6.74. The van der Waals surface area contributed by atoms with Crippen LogP contribution >= 0.6 is 15.9 Å². The van der Waals surface area contributed by atoms with E-state index in [1.165, 1.54) is 0 Å². The van der Waals surface area contributed by atoms with Crippen LogP contribution in [0.2, 0.25) is 0 Å². The lowest BCUT2D eigenvalue weighted by atomic mass is 10.1. The van der Waals surface area contributed by atoms with Crippen LogP contribution in [0.25, 0.3) is 0 Å². The second-order valence-corrected chi connectivity index (χ2v) is 3.39. The average Bonchev–Trinajstić information content (AvgIpc) is 2.04. The van der Waals surface area contributed by atoms with Crippen LogP contribution in [0.1, 0.15) is 19.3 Å². The van der Waals surface area contributed by atoms with Gasteiger partial charge in [0, 0.05) is 6.04 Å². The van der Waals surface area contributed by atoms with Crippen molar-refractivity contribution in [2.45, 2.75) is 31.3 Å². The Balaban J connectivity index is 3.50. The van der Waals surface area contributed by atoms with Crippen LogP contribution in [0.15, 0.2) is 11.1 Å². The monoisotopic (exact) mass is 250 g/mol. The minimum absolute atomic E-state index is 0.0274. The lowest BCUT2D eigenvalue weighted by Crippen LogP contribution is -2.30. The topological polar surface area (TPSA) is 89.3 Å². The molecule has 76 valence electrons. The Morgan fingerprint density at radius 2 is 2.08 bits per heavy atom. The largest absolute Gasteiger partial charge is 0.480 e. The molecule has 5 heteroatoms. The molecule has 0 rings (SSSR count). The van der Waals surface area contributed by atoms with Crippen molar-refractivity contribution in [1.82, 2.24) is 0 Å². The van der Waals surface area contributed by atoms with Crippen molar-refractivity contribution >= 4 is 21.9 Å². The van der Waals surface area contributed by atoms with Crippen molar-refractivity contribution in [2.75, 3.05) is 0 Å². The van der Waals surface area contributed by atoms with Gasteiger partial charge < -0.3 is 16.6 Å². The Labute approximate surface area is 86.1 Å². The van der Waals surface area contributed by atoms with Crippen LogP contribution < -0.4 is 11.5 Å². The molecule has 0 radical (unpaired) electrons. The SMILES string of the molecule is NC(C=CBr)CCC[C@@H](N)C(=O)O. The van der Waals surface area contributed by atoms with Gasteiger partial charge in [-0.15, -0.1) is 0 Å². The lowest BCUT2D eigenvalue weighted by Gasteiger charge is -2.08. The Bertz CT molecular complexity index is 185. The quantitative estimate of drug-likeness (QED) is 0.651. The molecule has 5 N–H and O–H groups in total. The summed E-state index contributed by atoms with van der Waals surface area (Å²) in [6, 6.07) is -0.791. The number of nitrogens with two attached hydrogens (primary N) is 2. The molecule has 0 aromatic heterocycles. The van der Waals surface area contributed by atoms with Crippen molar-refractivity contribution in [3.8, 4) is 0 Å². The van der Waals surface area contributed by atoms with Gasteiger partial charge in [-0.1, -0.05) is 22.0 Å². The first kappa shape index (κ1) is 12.6. The van der Waals surface area contributed by atoms with Gasteiger partial charge in [-0.05, 0) is 24.2 Å². The summed E-state index contributed by atoms with van der Waals surface area (Å²) in [7, 11) is 0. The number of carboxylic acid groups (broad SMARTS) is 1. The average molecular weight is 251 g/mol. The van der Waals surface area contributed by atoms with Crippen molar-refractivity contribution in [1.29, 1.82) is 0 Å². The first-order valence-electron chi connectivity index (χ1n) is 4.08. The molecule has 0 aliphatic heterocycles. The standard InChI is InChI=1S/C8H15BrN2O2/c9-5-4-6(10)2-1-3-7(11)8(12)13/h4-7H,1-3,10-11H2,(H,12,13)/t6?,7-/m1/s1. The van der Waals surface area contributed by atoms with Crippen LogP contribution in [0.5, 0.6) is 0 Å². The fraction of sp³-hybridized carbons (Fsp3) is 0.625. The Hall–Kier alpha value is -0.390. The Morgan fingerprint density at radius 1 is 1.46 bits per heavy atom. The molecule has 0 saturated heterocycles. The summed E-state index contributed by atoms with van der Waals surface area (Å²) >= 11 is 3.11. The highest BCUT2D eigenvalue weighted by atomic mass is 79.9. The second-order valence-electron chi connectivity index (χ2n) is 2.86. The van der Waals surface area contributed by atoms with Gasteiger partial charge >= 0.3 is 5.97 Å². The van der Waals surface area contributed by atoms with Crippen molar-refractivity contribution in [2.24, 2.45) is 11.5 Å². The van der Waals surface area contributed by atoms with E-state index in [1.54, 1.807) is 4.99 Å². The fourth-order valence-electron chi connectivity index (χ4n) is 0.887. The van der Waals surface area contributed by atoms with Gasteiger partial charge in [0.25, 0.3) is 0 Å². The van der Waals surface area contributed by atoms with Gasteiger partial charge in [0.1, 0.15) is 6.04 Å². The molecular weight excluding hydrogens is 236 g/mol. The second kappa shape index (κ2) is 7.06. The molecule has 0 spiro atoms. The summed E-state index contributed by atoms with van der Waals surface area (Å²) in [5, 5.41) is 8.47. The molecule has 4 nitrogen and oxygen atoms in total. The van der Waals surface area contributed by atoms with Crippen molar-refractivity contribution < 1.29 is 9.90 Å². The normalized spacial score (nSPS) is 15.9. The highest BCUT2D eigenvalue weighted by molar-refractivity contribution is 9.11. The van der Waals surface area contributed by atoms with Crippen LogP contribution in [0.3, 0.4) is 0 Å². The maximum Gasteiger partial charge on any atom is 0.320 e.